The Morgan fingerprint density at radius 2 is 1.96 bits per heavy atom. The molecule has 1 unspecified atom stereocenters. The number of amides is 1. The molecule has 28 heavy (non-hydrogen) atoms. The summed E-state index contributed by atoms with van der Waals surface area (Å²) in [6.07, 6.45) is 1.86. The maximum Gasteiger partial charge on any atom is 0.226 e. The molecule has 0 radical (unpaired) electrons. The van der Waals surface area contributed by atoms with Gasteiger partial charge in [-0.1, -0.05) is 36.4 Å². The molecule has 3 rings (SSSR count). The summed E-state index contributed by atoms with van der Waals surface area (Å²) >= 11 is 0. The number of rotatable bonds is 6. The summed E-state index contributed by atoms with van der Waals surface area (Å²) < 4.78 is 5.33. The van der Waals surface area contributed by atoms with Gasteiger partial charge in [-0.3, -0.25) is 4.79 Å². The number of nitrogens with zero attached hydrogens (tertiary/aromatic N) is 1. The monoisotopic (exact) mass is 380 g/mol. The third-order valence-corrected chi connectivity index (χ3v) is 5.86. The molecule has 1 heterocycles. The highest BCUT2D eigenvalue weighted by atomic mass is 16.5. The topological polar surface area (TPSA) is 41.6 Å². The Balaban J connectivity index is 1.75. The summed E-state index contributed by atoms with van der Waals surface area (Å²) in [5.74, 6) is 1.28. The molecule has 150 valence electrons. The first-order valence-electron chi connectivity index (χ1n) is 10.3. The highest BCUT2D eigenvalue weighted by Gasteiger charge is 2.30. The molecule has 0 aromatic heterocycles. The van der Waals surface area contributed by atoms with Crippen molar-refractivity contribution < 1.29 is 9.53 Å². The van der Waals surface area contributed by atoms with Crippen LogP contribution < -0.4 is 10.1 Å². The molecule has 1 saturated heterocycles. The van der Waals surface area contributed by atoms with Crippen LogP contribution in [0.15, 0.2) is 48.5 Å². The minimum Gasteiger partial charge on any atom is -0.497 e. The van der Waals surface area contributed by atoms with E-state index in [2.05, 4.69) is 56.4 Å². The van der Waals surface area contributed by atoms with Crippen LogP contribution in [-0.4, -0.2) is 37.0 Å². The zero-order chi connectivity index (χ0) is 20.1. The lowest BCUT2D eigenvalue weighted by Crippen LogP contribution is -2.44. The van der Waals surface area contributed by atoms with E-state index in [9.17, 15) is 4.79 Å². The van der Waals surface area contributed by atoms with Gasteiger partial charge in [-0.05, 0) is 69.0 Å². The Hall–Kier alpha value is -2.33. The number of benzene rings is 2. The lowest BCUT2D eigenvalue weighted by Gasteiger charge is -2.35. The number of nitrogens with one attached hydrogen (secondary N) is 1. The minimum atomic E-state index is 0.0713. The molecule has 4 nitrogen and oxygen atoms in total. The van der Waals surface area contributed by atoms with Gasteiger partial charge in [0.05, 0.1) is 13.2 Å². The number of methoxy groups -OCH3 is 1. The highest BCUT2D eigenvalue weighted by Crippen LogP contribution is 2.29. The molecule has 1 amide bonds. The largest absolute Gasteiger partial charge is 0.497 e. The number of ether oxygens (including phenoxy) is 1. The number of hydrogen-bond donors (Lipinski definition) is 1. The van der Waals surface area contributed by atoms with Gasteiger partial charge in [0, 0.05) is 18.5 Å². The molecular formula is C24H32N2O2. The van der Waals surface area contributed by atoms with Gasteiger partial charge in [0.25, 0.3) is 0 Å². The molecular weight excluding hydrogens is 348 g/mol. The Labute approximate surface area is 168 Å². The molecule has 0 saturated carbocycles. The SMILES string of the molecule is CCN(C(=O)[C@H]1CCN[C@@H](C)C1)C(C)c1ccc(-c2cccc(OC)c2)cc1. The van der Waals surface area contributed by atoms with Crippen molar-refractivity contribution in [2.24, 2.45) is 5.92 Å². The second-order valence-corrected chi connectivity index (χ2v) is 7.73. The highest BCUT2D eigenvalue weighted by molar-refractivity contribution is 5.79. The molecule has 1 aliphatic rings. The summed E-state index contributed by atoms with van der Waals surface area (Å²) in [5, 5.41) is 3.43. The first-order chi connectivity index (χ1) is 13.5. The van der Waals surface area contributed by atoms with E-state index in [0.29, 0.717) is 11.9 Å². The van der Waals surface area contributed by atoms with Crippen molar-refractivity contribution in [1.29, 1.82) is 0 Å². The summed E-state index contributed by atoms with van der Waals surface area (Å²) in [4.78, 5) is 15.2. The van der Waals surface area contributed by atoms with Gasteiger partial charge in [-0.25, -0.2) is 0 Å². The van der Waals surface area contributed by atoms with Gasteiger partial charge in [0.2, 0.25) is 5.91 Å². The van der Waals surface area contributed by atoms with Crippen molar-refractivity contribution in [3.05, 3.63) is 54.1 Å². The summed E-state index contributed by atoms with van der Waals surface area (Å²) in [5.41, 5.74) is 3.45. The molecule has 1 N–H and O–H groups in total. The van der Waals surface area contributed by atoms with Crippen LogP contribution in [-0.2, 0) is 4.79 Å². The fourth-order valence-electron chi connectivity index (χ4n) is 4.15. The predicted octanol–water partition coefficient (Wildman–Crippen LogP) is 4.66. The number of carbonyl (C=O) groups is 1. The lowest BCUT2D eigenvalue weighted by atomic mass is 9.91. The Morgan fingerprint density at radius 1 is 1.21 bits per heavy atom. The van der Waals surface area contributed by atoms with Crippen LogP contribution in [0, 0.1) is 5.92 Å². The summed E-state index contributed by atoms with van der Waals surface area (Å²) in [6, 6.07) is 17.1. The van der Waals surface area contributed by atoms with Gasteiger partial charge < -0.3 is 15.0 Å². The lowest BCUT2D eigenvalue weighted by molar-refractivity contribution is -0.138. The van der Waals surface area contributed by atoms with Gasteiger partial charge in [0.1, 0.15) is 5.75 Å². The molecule has 3 atom stereocenters. The van der Waals surface area contributed by atoms with Crippen molar-refractivity contribution in [3.8, 4) is 16.9 Å². The molecule has 0 spiro atoms. The van der Waals surface area contributed by atoms with E-state index in [1.165, 1.54) is 5.56 Å². The van der Waals surface area contributed by atoms with Crippen LogP contribution in [0.5, 0.6) is 5.75 Å². The fraction of sp³-hybridized carbons (Fsp3) is 0.458. The quantitative estimate of drug-likeness (QED) is 0.792. The zero-order valence-electron chi connectivity index (χ0n) is 17.4. The van der Waals surface area contributed by atoms with E-state index in [1.807, 2.05) is 23.1 Å². The van der Waals surface area contributed by atoms with E-state index in [0.717, 1.165) is 42.8 Å². The second kappa shape index (κ2) is 9.24. The van der Waals surface area contributed by atoms with Crippen LogP contribution in [0.25, 0.3) is 11.1 Å². The normalized spacial score (nSPS) is 20.4. The standard InChI is InChI=1S/C24H32N2O2/c1-5-26(24(27)22-13-14-25-17(2)15-22)18(3)19-9-11-20(12-10-19)21-7-6-8-23(16-21)28-4/h6-12,16-18,22,25H,5,13-15H2,1-4H3/t17-,18?,22-/m0/s1. The molecule has 1 fully saturated rings. The van der Waals surface area contributed by atoms with Crippen LogP contribution >= 0.6 is 0 Å². The number of piperidine rings is 1. The van der Waals surface area contributed by atoms with Gasteiger partial charge in [0.15, 0.2) is 0 Å². The smallest absolute Gasteiger partial charge is 0.226 e. The van der Waals surface area contributed by atoms with Crippen LogP contribution in [0.3, 0.4) is 0 Å². The van der Waals surface area contributed by atoms with Crippen molar-refractivity contribution in [2.75, 3.05) is 20.2 Å². The molecule has 2 aromatic carbocycles. The average molecular weight is 381 g/mol. The molecule has 0 bridgehead atoms. The third-order valence-electron chi connectivity index (χ3n) is 5.86. The van der Waals surface area contributed by atoms with Gasteiger partial charge in [-0.15, -0.1) is 0 Å². The Morgan fingerprint density at radius 3 is 2.61 bits per heavy atom. The summed E-state index contributed by atoms with van der Waals surface area (Å²) in [6.45, 7) is 8.03. The second-order valence-electron chi connectivity index (χ2n) is 7.73. The molecule has 1 aliphatic heterocycles. The Kier molecular flexibility index (Phi) is 6.74. The number of hydrogen-bond acceptors (Lipinski definition) is 3. The minimum absolute atomic E-state index is 0.0713. The van der Waals surface area contributed by atoms with Gasteiger partial charge in [-0.2, -0.15) is 0 Å². The maximum atomic E-state index is 13.1. The molecule has 0 aliphatic carbocycles. The van der Waals surface area contributed by atoms with Crippen LogP contribution in [0.2, 0.25) is 0 Å². The van der Waals surface area contributed by atoms with E-state index in [1.54, 1.807) is 7.11 Å². The zero-order valence-corrected chi connectivity index (χ0v) is 17.4. The van der Waals surface area contributed by atoms with Crippen LogP contribution in [0.4, 0.5) is 0 Å². The first-order valence-corrected chi connectivity index (χ1v) is 10.3. The fourth-order valence-corrected chi connectivity index (χ4v) is 4.15. The van der Waals surface area contributed by atoms with E-state index < -0.39 is 0 Å². The van der Waals surface area contributed by atoms with Crippen molar-refractivity contribution in [2.45, 2.75) is 45.7 Å². The van der Waals surface area contributed by atoms with E-state index in [-0.39, 0.29) is 12.0 Å². The average Bonchev–Trinajstić information content (AvgIpc) is 2.74. The van der Waals surface area contributed by atoms with Crippen molar-refractivity contribution in [1.82, 2.24) is 10.2 Å². The Bertz CT molecular complexity index is 787. The van der Waals surface area contributed by atoms with Crippen molar-refractivity contribution in [3.63, 3.8) is 0 Å². The number of carbonyl (C=O) groups excluding carboxylic acids is 1. The van der Waals surface area contributed by atoms with E-state index >= 15 is 0 Å². The third kappa shape index (κ3) is 4.56. The first kappa shape index (κ1) is 20.4. The summed E-state index contributed by atoms with van der Waals surface area (Å²) in [7, 11) is 1.68. The van der Waals surface area contributed by atoms with E-state index in [4.69, 9.17) is 4.74 Å². The maximum absolute atomic E-state index is 13.1. The van der Waals surface area contributed by atoms with Crippen LogP contribution in [0.1, 0.15) is 45.2 Å². The van der Waals surface area contributed by atoms with Crippen molar-refractivity contribution >= 4 is 5.91 Å². The molecule has 2 aromatic rings. The van der Waals surface area contributed by atoms with Gasteiger partial charge >= 0.3 is 0 Å². The predicted molar refractivity (Wildman–Crippen MR) is 114 cm³/mol. The molecule has 4 heteroatoms.